The first-order chi connectivity index (χ1) is 6.45. The number of imidazole rings is 1. The molecule has 0 radical (unpaired) electrons. The molecule has 3 heteroatoms. The monoisotopic (exact) mass is 170 g/mol. The molecule has 0 saturated carbocycles. The van der Waals surface area contributed by atoms with Crippen LogP contribution in [0, 0.1) is 0 Å². The Morgan fingerprint density at radius 2 is 2.08 bits per heavy atom. The Hall–Kier alpha value is -1.90. The Balaban J connectivity index is 2.64. The number of para-hydroxylation sites is 2. The maximum absolute atomic E-state index is 4.23. The van der Waals surface area contributed by atoms with E-state index in [4.69, 9.17) is 0 Å². The first-order valence-corrected chi connectivity index (χ1v) is 4.18. The molecule has 3 rings (SSSR count). The number of nitrogens with zero attached hydrogens (tertiary/aromatic N) is 2. The molecule has 0 amide bonds. The van der Waals surface area contributed by atoms with Crippen LogP contribution in [0.25, 0.3) is 16.8 Å². The molecule has 0 saturated heterocycles. The Labute approximate surface area is 74.7 Å². The summed E-state index contributed by atoms with van der Waals surface area (Å²) in [6, 6.07) is 10.1. The van der Waals surface area contributed by atoms with Crippen molar-refractivity contribution in [1.82, 2.24) is 9.97 Å². The second-order valence-corrected chi connectivity index (χ2v) is 2.96. The van der Waals surface area contributed by atoms with E-state index in [0.29, 0.717) is 0 Å². The van der Waals surface area contributed by atoms with Gasteiger partial charge in [-0.3, -0.25) is 0 Å². The van der Waals surface area contributed by atoms with E-state index in [1.54, 1.807) is 6.20 Å². The molecule has 2 aromatic heterocycles. The minimum atomic E-state index is 0.878. The Bertz CT molecular complexity index is 518. The van der Waals surface area contributed by atoms with E-state index in [-0.39, 0.29) is 0 Å². The van der Waals surface area contributed by atoms with Gasteiger partial charge in [-0.15, -0.1) is 0 Å². The molecule has 2 heterocycles. The van der Waals surface area contributed by atoms with Crippen molar-refractivity contribution in [2.24, 2.45) is 0 Å². The van der Waals surface area contributed by atoms with Gasteiger partial charge in [0.25, 0.3) is 0 Å². The summed E-state index contributed by atoms with van der Waals surface area (Å²) in [5, 5.41) is 0. The summed E-state index contributed by atoms with van der Waals surface area (Å²) in [4.78, 5) is 7.46. The first-order valence-electron chi connectivity index (χ1n) is 4.18. The lowest BCUT2D eigenvalue weighted by molar-refractivity contribution is -0.483. The van der Waals surface area contributed by atoms with Crippen LogP contribution >= 0.6 is 0 Å². The SMILES string of the molecule is c1ccc2c(c1)[nH]c1nccc[n+]12. The van der Waals surface area contributed by atoms with Gasteiger partial charge in [-0.2, -0.15) is 4.40 Å². The van der Waals surface area contributed by atoms with Gasteiger partial charge in [-0.1, -0.05) is 17.1 Å². The molecule has 0 unspecified atom stereocenters. The third kappa shape index (κ3) is 0.839. The first kappa shape index (κ1) is 6.60. The van der Waals surface area contributed by atoms with Crippen molar-refractivity contribution in [3.8, 4) is 0 Å². The van der Waals surface area contributed by atoms with Crippen molar-refractivity contribution in [1.29, 1.82) is 0 Å². The fraction of sp³-hybridized carbons (Fsp3) is 0. The van der Waals surface area contributed by atoms with Gasteiger partial charge in [-0.25, -0.2) is 4.98 Å². The van der Waals surface area contributed by atoms with Crippen LogP contribution in [0.5, 0.6) is 0 Å². The van der Waals surface area contributed by atoms with Gasteiger partial charge in [0.05, 0.1) is 6.20 Å². The van der Waals surface area contributed by atoms with E-state index in [9.17, 15) is 0 Å². The van der Waals surface area contributed by atoms with Gasteiger partial charge in [0, 0.05) is 6.07 Å². The quantitative estimate of drug-likeness (QED) is 0.507. The number of hydrogen-bond acceptors (Lipinski definition) is 1. The number of rotatable bonds is 0. The van der Waals surface area contributed by atoms with Crippen LogP contribution in [0.15, 0.2) is 42.7 Å². The van der Waals surface area contributed by atoms with E-state index in [0.717, 1.165) is 16.8 Å². The van der Waals surface area contributed by atoms with Gasteiger partial charge in [0.15, 0.2) is 0 Å². The summed E-state index contributed by atoms with van der Waals surface area (Å²) < 4.78 is 2.04. The highest BCUT2D eigenvalue weighted by Crippen LogP contribution is 2.07. The lowest BCUT2D eigenvalue weighted by atomic mass is 10.3. The van der Waals surface area contributed by atoms with Crippen molar-refractivity contribution < 1.29 is 4.40 Å². The number of fused-ring (bicyclic) bond motifs is 3. The zero-order chi connectivity index (χ0) is 8.67. The topological polar surface area (TPSA) is 32.8 Å². The van der Waals surface area contributed by atoms with Crippen LogP contribution in [0.1, 0.15) is 0 Å². The van der Waals surface area contributed by atoms with E-state index in [2.05, 4.69) is 16.0 Å². The standard InChI is InChI=1S/C10H7N3/c1-2-5-9-8(4-1)12-10-11-6-3-7-13(9)10/h1-7H/p+1. The summed E-state index contributed by atoms with van der Waals surface area (Å²) in [7, 11) is 0. The highest BCUT2D eigenvalue weighted by molar-refractivity contribution is 5.73. The van der Waals surface area contributed by atoms with Crippen LogP contribution < -0.4 is 4.40 Å². The molecule has 0 bridgehead atoms. The van der Waals surface area contributed by atoms with Gasteiger partial charge in [-0.05, 0) is 12.1 Å². The molecular formula is C10H8N3+. The number of aromatic amines is 1. The average Bonchev–Trinajstić information content (AvgIpc) is 2.56. The molecule has 0 spiro atoms. The Morgan fingerprint density at radius 3 is 3.08 bits per heavy atom. The lowest BCUT2D eigenvalue weighted by Crippen LogP contribution is -2.19. The van der Waals surface area contributed by atoms with E-state index >= 15 is 0 Å². The van der Waals surface area contributed by atoms with Crippen molar-refractivity contribution >= 4 is 16.8 Å². The maximum atomic E-state index is 4.23. The molecule has 3 aromatic rings. The largest absolute Gasteiger partial charge is 0.401 e. The highest BCUT2D eigenvalue weighted by atomic mass is 15.1. The number of nitrogens with one attached hydrogen (secondary N) is 1. The molecule has 0 aliphatic heterocycles. The molecule has 0 fully saturated rings. The normalized spacial score (nSPS) is 11.1. The lowest BCUT2D eigenvalue weighted by Gasteiger charge is -1.84. The van der Waals surface area contributed by atoms with Crippen molar-refractivity contribution in [3.63, 3.8) is 0 Å². The second-order valence-electron chi connectivity index (χ2n) is 2.96. The van der Waals surface area contributed by atoms with Crippen LogP contribution in [0.2, 0.25) is 0 Å². The summed E-state index contributed by atoms with van der Waals surface area (Å²) >= 11 is 0. The maximum Gasteiger partial charge on any atom is 0.401 e. The number of hydrogen-bond donors (Lipinski definition) is 1. The highest BCUT2D eigenvalue weighted by Gasteiger charge is 2.08. The minimum Gasteiger partial charge on any atom is -0.238 e. The van der Waals surface area contributed by atoms with E-state index < -0.39 is 0 Å². The van der Waals surface area contributed by atoms with Crippen LogP contribution in [0.3, 0.4) is 0 Å². The van der Waals surface area contributed by atoms with Gasteiger partial charge < -0.3 is 0 Å². The minimum absolute atomic E-state index is 0.878. The molecule has 1 N–H and O–H groups in total. The molecule has 1 aromatic carbocycles. The Morgan fingerprint density at radius 1 is 1.15 bits per heavy atom. The fourth-order valence-corrected chi connectivity index (χ4v) is 1.57. The third-order valence-electron chi connectivity index (χ3n) is 2.16. The van der Waals surface area contributed by atoms with Crippen LogP contribution in [-0.4, -0.2) is 9.97 Å². The molecule has 13 heavy (non-hydrogen) atoms. The molecule has 3 nitrogen and oxygen atoms in total. The molecule has 0 atom stereocenters. The average molecular weight is 170 g/mol. The number of H-pyrrole nitrogens is 1. The van der Waals surface area contributed by atoms with Gasteiger partial charge >= 0.3 is 5.78 Å². The zero-order valence-corrected chi connectivity index (χ0v) is 6.94. The summed E-state index contributed by atoms with van der Waals surface area (Å²) in [6.45, 7) is 0. The summed E-state index contributed by atoms with van der Waals surface area (Å²) in [5.74, 6) is 0.878. The van der Waals surface area contributed by atoms with Crippen molar-refractivity contribution in [2.75, 3.05) is 0 Å². The van der Waals surface area contributed by atoms with Crippen molar-refractivity contribution in [2.45, 2.75) is 0 Å². The summed E-state index contributed by atoms with van der Waals surface area (Å²) in [5.41, 5.74) is 2.27. The van der Waals surface area contributed by atoms with Crippen LogP contribution in [0.4, 0.5) is 0 Å². The number of benzene rings is 1. The van der Waals surface area contributed by atoms with Gasteiger partial charge in [0.2, 0.25) is 0 Å². The molecule has 0 aliphatic carbocycles. The van der Waals surface area contributed by atoms with Crippen molar-refractivity contribution in [3.05, 3.63) is 42.7 Å². The summed E-state index contributed by atoms with van der Waals surface area (Å²) in [6.07, 6.45) is 3.78. The zero-order valence-electron chi connectivity index (χ0n) is 6.94. The molecule has 0 aliphatic rings. The fourth-order valence-electron chi connectivity index (χ4n) is 1.57. The molecule has 62 valence electrons. The molecular weight excluding hydrogens is 162 g/mol. The second kappa shape index (κ2) is 2.29. The van der Waals surface area contributed by atoms with E-state index in [1.165, 1.54) is 0 Å². The predicted molar refractivity (Wildman–Crippen MR) is 49.3 cm³/mol. The Kier molecular flexibility index (Phi) is 1.16. The van der Waals surface area contributed by atoms with E-state index in [1.807, 2.05) is 34.9 Å². The smallest absolute Gasteiger partial charge is 0.238 e. The number of aromatic nitrogens is 3. The van der Waals surface area contributed by atoms with Gasteiger partial charge in [0.1, 0.15) is 17.2 Å². The predicted octanol–water partition coefficient (Wildman–Crippen LogP) is 1.30. The third-order valence-corrected chi connectivity index (χ3v) is 2.16. The van der Waals surface area contributed by atoms with Crippen LogP contribution in [-0.2, 0) is 0 Å².